The largest absolute Gasteiger partial charge is 0.478 e. The van der Waals surface area contributed by atoms with Crippen LogP contribution >= 0.6 is 15.9 Å². The third-order valence-electron chi connectivity index (χ3n) is 3.04. The Balaban J connectivity index is 2.17. The van der Waals surface area contributed by atoms with Crippen LogP contribution in [0.5, 0.6) is 0 Å². The van der Waals surface area contributed by atoms with Gasteiger partial charge in [-0.3, -0.25) is 0 Å². The molecule has 0 amide bonds. The minimum absolute atomic E-state index is 0.130. The summed E-state index contributed by atoms with van der Waals surface area (Å²) < 4.78 is 1.04. The van der Waals surface area contributed by atoms with Crippen LogP contribution in [-0.4, -0.2) is 18.1 Å². The first-order valence-electron chi connectivity index (χ1n) is 6.06. The average Bonchev–Trinajstić information content (AvgIpc) is 2.40. The zero-order chi connectivity index (χ0) is 14.7. The van der Waals surface area contributed by atoms with Crippen LogP contribution in [0, 0.1) is 0 Å². The Hall–Kier alpha value is -2.01. The van der Waals surface area contributed by atoms with Crippen molar-refractivity contribution in [2.75, 3.05) is 17.7 Å². The van der Waals surface area contributed by atoms with Crippen LogP contribution in [-0.2, 0) is 6.54 Å². The van der Waals surface area contributed by atoms with Crippen molar-refractivity contribution in [2.24, 2.45) is 0 Å². The third kappa shape index (κ3) is 3.30. The molecule has 0 aliphatic carbocycles. The maximum atomic E-state index is 10.9. The molecule has 0 atom stereocenters. The van der Waals surface area contributed by atoms with Gasteiger partial charge in [-0.25, -0.2) is 4.79 Å². The number of anilines is 2. The van der Waals surface area contributed by atoms with Crippen LogP contribution < -0.4 is 10.6 Å². The van der Waals surface area contributed by atoms with Crippen LogP contribution in [0.1, 0.15) is 15.9 Å². The molecule has 0 fully saturated rings. The molecule has 2 aromatic rings. The van der Waals surface area contributed by atoms with E-state index in [-0.39, 0.29) is 11.3 Å². The Morgan fingerprint density at radius 1 is 1.25 bits per heavy atom. The molecule has 0 aliphatic heterocycles. The summed E-state index contributed by atoms with van der Waals surface area (Å²) in [5.74, 6) is -1.01. The normalized spacial score (nSPS) is 10.3. The number of benzene rings is 2. The molecule has 0 heterocycles. The Kier molecular flexibility index (Phi) is 4.29. The predicted octanol–water partition coefficient (Wildman–Crippen LogP) is 3.37. The van der Waals surface area contributed by atoms with Gasteiger partial charge in [0.25, 0.3) is 0 Å². The number of carboxylic acid groups (broad SMARTS) is 1. The van der Waals surface area contributed by atoms with Gasteiger partial charge in [-0.05, 0) is 35.9 Å². The zero-order valence-electron chi connectivity index (χ0n) is 11.0. The highest BCUT2D eigenvalue weighted by Crippen LogP contribution is 2.22. The van der Waals surface area contributed by atoms with Crippen LogP contribution in [0.25, 0.3) is 0 Å². The molecule has 3 N–H and O–H groups in total. The van der Waals surface area contributed by atoms with Crippen molar-refractivity contribution in [2.45, 2.75) is 6.54 Å². The highest BCUT2D eigenvalue weighted by atomic mass is 79.9. The maximum absolute atomic E-state index is 10.9. The van der Waals surface area contributed by atoms with E-state index in [1.807, 2.05) is 36.2 Å². The summed E-state index contributed by atoms with van der Waals surface area (Å²) in [5, 5.41) is 8.96. The number of carbonyl (C=O) groups is 1. The molecule has 0 bridgehead atoms. The lowest BCUT2D eigenvalue weighted by Gasteiger charge is -2.20. The topological polar surface area (TPSA) is 66.6 Å². The standard InChI is InChI=1S/C15H15BrN2O2/c1-18(9-10-2-4-11(16)5-3-10)12-6-7-13(15(19)20)14(17)8-12/h2-8H,9,17H2,1H3,(H,19,20). The van der Waals surface area contributed by atoms with Crippen molar-refractivity contribution in [3.63, 3.8) is 0 Å². The first-order chi connectivity index (χ1) is 9.47. The van der Waals surface area contributed by atoms with E-state index in [2.05, 4.69) is 15.9 Å². The number of rotatable bonds is 4. The molecule has 104 valence electrons. The molecule has 20 heavy (non-hydrogen) atoms. The molecule has 2 rings (SSSR count). The van der Waals surface area contributed by atoms with Gasteiger partial charge in [0.1, 0.15) is 0 Å². The zero-order valence-corrected chi connectivity index (χ0v) is 12.6. The predicted molar refractivity (Wildman–Crippen MR) is 84.1 cm³/mol. The Bertz CT molecular complexity index is 626. The van der Waals surface area contributed by atoms with E-state index in [1.54, 1.807) is 12.1 Å². The summed E-state index contributed by atoms with van der Waals surface area (Å²) in [7, 11) is 1.94. The molecule has 0 aliphatic rings. The molecule has 0 aromatic heterocycles. The first-order valence-corrected chi connectivity index (χ1v) is 6.85. The van der Waals surface area contributed by atoms with E-state index in [0.29, 0.717) is 0 Å². The Morgan fingerprint density at radius 2 is 1.90 bits per heavy atom. The number of nitrogen functional groups attached to an aromatic ring is 1. The van der Waals surface area contributed by atoms with Gasteiger partial charge >= 0.3 is 5.97 Å². The quantitative estimate of drug-likeness (QED) is 0.841. The number of halogens is 1. The monoisotopic (exact) mass is 334 g/mol. The molecule has 5 heteroatoms. The van der Waals surface area contributed by atoms with Crippen LogP contribution in [0.2, 0.25) is 0 Å². The fraction of sp³-hybridized carbons (Fsp3) is 0.133. The van der Waals surface area contributed by atoms with Crippen molar-refractivity contribution in [3.05, 3.63) is 58.1 Å². The molecule has 0 spiro atoms. The average molecular weight is 335 g/mol. The van der Waals surface area contributed by atoms with Crippen LogP contribution in [0.4, 0.5) is 11.4 Å². The van der Waals surface area contributed by atoms with Gasteiger partial charge in [0, 0.05) is 29.4 Å². The molecule has 0 saturated carbocycles. The highest BCUT2D eigenvalue weighted by molar-refractivity contribution is 9.10. The lowest BCUT2D eigenvalue weighted by Crippen LogP contribution is -2.17. The summed E-state index contributed by atoms with van der Waals surface area (Å²) in [6.07, 6.45) is 0. The molecular formula is C15H15BrN2O2. The lowest BCUT2D eigenvalue weighted by atomic mass is 10.1. The summed E-state index contributed by atoms with van der Waals surface area (Å²) in [6.45, 7) is 0.721. The van der Waals surface area contributed by atoms with E-state index in [1.165, 1.54) is 6.07 Å². The van der Waals surface area contributed by atoms with Crippen LogP contribution in [0.15, 0.2) is 46.9 Å². The summed E-state index contributed by atoms with van der Waals surface area (Å²) in [4.78, 5) is 12.9. The third-order valence-corrected chi connectivity index (χ3v) is 3.57. The lowest BCUT2D eigenvalue weighted by molar-refractivity contribution is 0.0698. The Labute approximate surface area is 126 Å². The van der Waals surface area contributed by atoms with Gasteiger partial charge in [-0.2, -0.15) is 0 Å². The first kappa shape index (κ1) is 14.4. The van der Waals surface area contributed by atoms with Crippen molar-refractivity contribution in [1.82, 2.24) is 0 Å². The summed E-state index contributed by atoms with van der Waals surface area (Å²) >= 11 is 3.40. The smallest absolute Gasteiger partial charge is 0.337 e. The van der Waals surface area contributed by atoms with Crippen molar-refractivity contribution >= 4 is 33.3 Å². The fourth-order valence-corrected chi connectivity index (χ4v) is 2.20. The minimum atomic E-state index is -1.01. The van der Waals surface area contributed by atoms with E-state index in [9.17, 15) is 4.79 Å². The fourth-order valence-electron chi connectivity index (χ4n) is 1.94. The van der Waals surface area contributed by atoms with E-state index >= 15 is 0 Å². The summed E-state index contributed by atoms with van der Waals surface area (Å²) in [5.41, 5.74) is 8.21. The second-order valence-electron chi connectivity index (χ2n) is 4.56. The van der Waals surface area contributed by atoms with Crippen molar-refractivity contribution in [1.29, 1.82) is 0 Å². The van der Waals surface area contributed by atoms with E-state index in [4.69, 9.17) is 10.8 Å². The number of hydrogen-bond acceptors (Lipinski definition) is 3. The van der Waals surface area contributed by atoms with E-state index in [0.717, 1.165) is 22.3 Å². The summed E-state index contributed by atoms with van der Waals surface area (Å²) in [6, 6.07) is 13.0. The number of hydrogen-bond donors (Lipinski definition) is 2. The second-order valence-corrected chi connectivity index (χ2v) is 5.47. The van der Waals surface area contributed by atoms with Crippen molar-refractivity contribution in [3.8, 4) is 0 Å². The van der Waals surface area contributed by atoms with Gasteiger partial charge in [0.05, 0.1) is 5.56 Å². The Morgan fingerprint density at radius 3 is 2.45 bits per heavy atom. The van der Waals surface area contributed by atoms with E-state index < -0.39 is 5.97 Å². The number of nitrogens with zero attached hydrogens (tertiary/aromatic N) is 1. The number of nitrogens with two attached hydrogens (primary N) is 1. The SMILES string of the molecule is CN(Cc1ccc(Br)cc1)c1ccc(C(=O)O)c(N)c1. The van der Waals surface area contributed by atoms with Crippen molar-refractivity contribution < 1.29 is 9.90 Å². The van der Waals surface area contributed by atoms with Crippen LogP contribution in [0.3, 0.4) is 0 Å². The number of aromatic carboxylic acids is 1. The second kappa shape index (κ2) is 5.96. The molecule has 0 radical (unpaired) electrons. The molecule has 0 saturated heterocycles. The van der Waals surface area contributed by atoms with Gasteiger partial charge in [-0.15, -0.1) is 0 Å². The van der Waals surface area contributed by atoms with Gasteiger partial charge in [-0.1, -0.05) is 28.1 Å². The molecule has 0 unspecified atom stereocenters. The number of carboxylic acids is 1. The highest BCUT2D eigenvalue weighted by Gasteiger charge is 2.10. The molecule has 2 aromatic carbocycles. The van der Waals surface area contributed by atoms with Gasteiger partial charge < -0.3 is 15.7 Å². The maximum Gasteiger partial charge on any atom is 0.337 e. The minimum Gasteiger partial charge on any atom is -0.478 e. The van der Waals surface area contributed by atoms with Gasteiger partial charge in [0.15, 0.2) is 0 Å². The van der Waals surface area contributed by atoms with Gasteiger partial charge in [0.2, 0.25) is 0 Å². The molecule has 4 nitrogen and oxygen atoms in total. The molecular weight excluding hydrogens is 320 g/mol.